The second-order valence-electron chi connectivity index (χ2n) is 4.20. The Morgan fingerprint density at radius 1 is 0.500 bits per heavy atom. The van der Waals surface area contributed by atoms with E-state index in [9.17, 15) is 0 Å². The molecule has 0 atom stereocenters. The third-order valence-corrected chi connectivity index (χ3v) is 3.20. The summed E-state index contributed by atoms with van der Waals surface area (Å²) in [7, 11) is 0. The Hall–Kier alpha value is -2.55. The number of pyridine rings is 1. The number of benzene rings is 2. The summed E-state index contributed by atoms with van der Waals surface area (Å²) in [5.74, 6) is 0. The van der Waals surface area contributed by atoms with Crippen LogP contribution >= 0.6 is 0 Å². The predicted molar refractivity (Wildman–Crippen MR) is 72.3 cm³/mol. The van der Waals surface area contributed by atoms with Crippen LogP contribution in [0.3, 0.4) is 0 Å². The minimum Gasteiger partial charge on any atom is -0.256 e. The Morgan fingerprint density at radius 2 is 1.06 bits per heavy atom. The molecule has 4 rings (SSSR count). The molecule has 0 aliphatic rings. The average Bonchev–Trinajstić information content (AvgIpc) is 2.48. The van der Waals surface area contributed by atoms with E-state index in [1.807, 2.05) is 30.5 Å². The van der Waals surface area contributed by atoms with Gasteiger partial charge in [-0.2, -0.15) is 0 Å². The van der Waals surface area contributed by atoms with Crippen molar-refractivity contribution in [2.45, 2.75) is 0 Å². The van der Waals surface area contributed by atoms with Gasteiger partial charge in [0.1, 0.15) is 0 Å². The zero-order valence-corrected chi connectivity index (χ0v) is 9.54. The SMILES string of the molecule is c1ccc2c(c1)c1ncccc1c1nccnc21. The fraction of sp³-hybridized carbons (Fsp3) is 0. The van der Waals surface area contributed by atoms with E-state index in [1.165, 1.54) is 0 Å². The fourth-order valence-corrected chi connectivity index (χ4v) is 2.44. The quantitative estimate of drug-likeness (QED) is 0.436. The van der Waals surface area contributed by atoms with Crippen molar-refractivity contribution in [2.24, 2.45) is 0 Å². The maximum atomic E-state index is 4.49. The van der Waals surface area contributed by atoms with E-state index in [1.54, 1.807) is 12.4 Å². The Morgan fingerprint density at radius 3 is 1.83 bits per heavy atom. The van der Waals surface area contributed by atoms with Gasteiger partial charge < -0.3 is 0 Å². The summed E-state index contributed by atoms with van der Waals surface area (Å²) in [6.07, 6.45) is 5.28. The van der Waals surface area contributed by atoms with Crippen molar-refractivity contribution in [2.75, 3.05) is 0 Å². The maximum absolute atomic E-state index is 4.49. The van der Waals surface area contributed by atoms with Gasteiger partial charge in [-0.25, -0.2) is 0 Å². The summed E-state index contributed by atoms with van der Waals surface area (Å²) in [6.45, 7) is 0. The van der Waals surface area contributed by atoms with Crippen LogP contribution in [0.5, 0.6) is 0 Å². The molecule has 2 aromatic carbocycles. The van der Waals surface area contributed by atoms with Crippen LogP contribution < -0.4 is 0 Å². The number of nitrogens with zero attached hydrogens (tertiary/aromatic N) is 3. The highest BCUT2D eigenvalue weighted by Gasteiger charge is 2.09. The van der Waals surface area contributed by atoms with Crippen molar-refractivity contribution in [1.82, 2.24) is 15.0 Å². The second-order valence-corrected chi connectivity index (χ2v) is 4.20. The first-order valence-electron chi connectivity index (χ1n) is 5.81. The van der Waals surface area contributed by atoms with E-state index in [0.717, 1.165) is 32.7 Å². The van der Waals surface area contributed by atoms with Gasteiger partial charge >= 0.3 is 0 Å². The normalized spacial score (nSPS) is 11.3. The highest BCUT2D eigenvalue weighted by molar-refractivity contribution is 6.21. The van der Waals surface area contributed by atoms with Crippen LogP contribution in [0.2, 0.25) is 0 Å². The van der Waals surface area contributed by atoms with Crippen molar-refractivity contribution >= 4 is 32.7 Å². The molecule has 3 heteroatoms. The lowest BCUT2D eigenvalue weighted by molar-refractivity contribution is 1.31. The first kappa shape index (κ1) is 9.48. The second kappa shape index (κ2) is 3.47. The molecule has 0 unspecified atom stereocenters. The standard InChI is InChI=1S/C15H9N3/c1-2-5-11-10(4-1)13-12(6-3-7-16-13)15-14(11)17-8-9-18-15/h1-9H. The van der Waals surface area contributed by atoms with Crippen LogP contribution in [-0.2, 0) is 0 Å². The van der Waals surface area contributed by atoms with Crippen LogP contribution in [-0.4, -0.2) is 15.0 Å². The molecule has 0 aliphatic carbocycles. The molecule has 4 aromatic rings. The zero-order chi connectivity index (χ0) is 11.9. The maximum Gasteiger partial charge on any atom is 0.0987 e. The summed E-state index contributed by atoms with van der Waals surface area (Å²) in [6, 6.07) is 12.2. The number of fused-ring (bicyclic) bond motifs is 6. The Labute approximate surface area is 103 Å². The molecule has 0 saturated heterocycles. The van der Waals surface area contributed by atoms with Crippen molar-refractivity contribution in [1.29, 1.82) is 0 Å². The lowest BCUT2D eigenvalue weighted by Crippen LogP contribution is -1.89. The Kier molecular flexibility index (Phi) is 1.83. The summed E-state index contributed by atoms with van der Waals surface area (Å²) < 4.78 is 0. The van der Waals surface area contributed by atoms with Gasteiger partial charge in [-0.3, -0.25) is 15.0 Å². The molecule has 0 N–H and O–H groups in total. The molecule has 2 heterocycles. The van der Waals surface area contributed by atoms with E-state index >= 15 is 0 Å². The van der Waals surface area contributed by atoms with Gasteiger partial charge in [-0.15, -0.1) is 0 Å². The van der Waals surface area contributed by atoms with Gasteiger partial charge in [-0.05, 0) is 12.1 Å². The number of aromatic nitrogens is 3. The molecule has 0 amide bonds. The molecular formula is C15H9N3. The van der Waals surface area contributed by atoms with Crippen LogP contribution in [0, 0.1) is 0 Å². The van der Waals surface area contributed by atoms with Crippen LogP contribution in [0.4, 0.5) is 0 Å². The highest BCUT2D eigenvalue weighted by atomic mass is 14.8. The number of rotatable bonds is 0. The Bertz CT molecular complexity index is 663. The first-order valence-corrected chi connectivity index (χ1v) is 5.81. The van der Waals surface area contributed by atoms with E-state index in [4.69, 9.17) is 0 Å². The zero-order valence-electron chi connectivity index (χ0n) is 9.54. The molecule has 0 saturated carbocycles. The van der Waals surface area contributed by atoms with Crippen LogP contribution in [0.1, 0.15) is 0 Å². The van der Waals surface area contributed by atoms with Crippen molar-refractivity contribution in [3.05, 3.63) is 55.0 Å². The van der Waals surface area contributed by atoms with Gasteiger partial charge in [0.25, 0.3) is 0 Å². The molecule has 2 aromatic heterocycles. The van der Waals surface area contributed by atoms with E-state index in [0.29, 0.717) is 0 Å². The van der Waals surface area contributed by atoms with Gasteiger partial charge in [0.05, 0.1) is 16.6 Å². The summed E-state index contributed by atoms with van der Waals surface area (Å²) in [4.78, 5) is 13.4. The largest absolute Gasteiger partial charge is 0.256 e. The minimum absolute atomic E-state index is 0.916. The monoisotopic (exact) mass is 231 g/mol. The average molecular weight is 231 g/mol. The molecule has 0 spiro atoms. The van der Waals surface area contributed by atoms with Crippen molar-refractivity contribution in [3.63, 3.8) is 0 Å². The van der Waals surface area contributed by atoms with Gasteiger partial charge in [0.15, 0.2) is 0 Å². The van der Waals surface area contributed by atoms with Crippen molar-refractivity contribution < 1.29 is 0 Å². The highest BCUT2D eigenvalue weighted by Crippen LogP contribution is 2.30. The third-order valence-electron chi connectivity index (χ3n) is 3.20. The third kappa shape index (κ3) is 1.16. The molecule has 0 fully saturated rings. The predicted octanol–water partition coefficient (Wildman–Crippen LogP) is 3.33. The summed E-state index contributed by atoms with van der Waals surface area (Å²) >= 11 is 0. The molecule has 84 valence electrons. The fourth-order valence-electron chi connectivity index (χ4n) is 2.44. The van der Waals surface area contributed by atoms with Gasteiger partial charge in [-0.1, -0.05) is 24.3 Å². The molecule has 0 aliphatic heterocycles. The molecule has 3 nitrogen and oxygen atoms in total. The summed E-state index contributed by atoms with van der Waals surface area (Å²) in [5.41, 5.74) is 2.84. The molecule has 0 bridgehead atoms. The molecular weight excluding hydrogens is 222 g/mol. The molecule has 0 radical (unpaired) electrons. The van der Waals surface area contributed by atoms with Gasteiger partial charge in [0.2, 0.25) is 0 Å². The van der Waals surface area contributed by atoms with Crippen LogP contribution in [0.25, 0.3) is 32.7 Å². The lowest BCUT2D eigenvalue weighted by atomic mass is 10.0. The Balaban J connectivity index is 2.46. The van der Waals surface area contributed by atoms with E-state index in [2.05, 4.69) is 27.1 Å². The lowest BCUT2D eigenvalue weighted by Gasteiger charge is -2.06. The summed E-state index contributed by atoms with van der Waals surface area (Å²) in [5, 5.41) is 3.28. The van der Waals surface area contributed by atoms with E-state index < -0.39 is 0 Å². The number of hydrogen-bond acceptors (Lipinski definition) is 3. The minimum atomic E-state index is 0.916. The smallest absolute Gasteiger partial charge is 0.0987 e. The van der Waals surface area contributed by atoms with Crippen LogP contribution in [0.15, 0.2) is 55.0 Å². The molecule has 18 heavy (non-hydrogen) atoms. The van der Waals surface area contributed by atoms with Gasteiger partial charge in [0, 0.05) is 34.7 Å². The van der Waals surface area contributed by atoms with Crippen molar-refractivity contribution in [3.8, 4) is 0 Å². The number of hydrogen-bond donors (Lipinski definition) is 0. The topological polar surface area (TPSA) is 38.7 Å². The first-order chi connectivity index (χ1) is 8.95. The van der Waals surface area contributed by atoms with E-state index in [-0.39, 0.29) is 0 Å².